The molecule has 3 unspecified atom stereocenters. The van der Waals surface area contributed by atoms with Crippen LogP contribution in [0.25, 0.3) is 0 Å². The van der Waals surface area contributed by atoms with E-state index in [0.29, 0.717) is 18.1 Å². The van der Waals surface area contributed by atoms with Crippen LogP contribution in [0.5, 0.6) is 0 Å². The van der Waals surface area contributed by atoms with Crippen LogP contribution in [0.4, 0.5) is 0 Å². The molecule has 1 fully saturated rings. The largest absolute Gasteiger partial charge is 0.311 e. The highest BCUT2D eigenvalue weighted by atomic mass is 15.3. The van der Waals surface area contributed by atoms with Gasteiger partial charge in [-0.2, -0.15) is 0 Å². The van der Waals surface area contributed by atoms with Crippen molar-refractivity contribution in [3.05, 3.63) is 0 Å². The summed E-state index contributed by atoms with van der Waals surface area (Å²) in [5.74, 6) is 2.30. The van der Waals surface area contributed by atoms with Gasteiger partial charge in [0.15, 0.2) is 0 Å². The Hall–Kier alpha value is -0.0800. The molecular weight excluding hydrogens is 232 g/mol. The quantitative estimate of drug-likeness (QED) is 0.789. The van der Waals surface area contributed by atoms with E-state index < -0.39 is 0 Å². The lowest BCUT2D eigenvalue weighted by atomic mass is 9.87. The van der Waals surface area contributed by atoms with Crippen molar-refractivity contribution in [2.24, 2.45) is 17.8 Å². The van der Waals surface area contributed by atoms with Gasteiger partial charge in [-0.3, -0.25) is 4.90 Å². The molecule has 2 nitrogen and oxygen atoms in total. The molecule has 0 bridgehead atoms. The molecule has 0 aromatic carbocycles. The zero-order valence-corrected chi connectivity index (χ0v) is 14.2. The predicted molar refractivity (Wildman–Crippen MR) is 85.5 cm³/mol. The molecule has 0 aromatic rings. The molecule has 0 aromatic heterocycles. The highest BCUT2D eigenvalue weighted by Gasteiger charge is 2.35. The minimum Gasteiger partial charge on any atom is -0.311 e. The average Bonchev–Trinajstić information content (AvgIpc) is 2.39. The van der Waals surface area contributed by atoms with Gasteiger partial charge in [0.1, 0.15) is 0 Å². The van der Waals surface area contributed by atoms with Crippen molar-refractivity contribution in [1.82, 2.24) is 10.2 Å². The van der Waals surface area contributed by atoms with E-state index in [9.17, 15) is 0 Å². The molecule has 0 aliphatic carbocycles. The molecule has 2 heteroatoms. The Kier molecular flexibility index (Phi) is 6.82. The summed E-state index contributed by atoms with van der Waals surface area (Å²) in [4.78, 5) is 2.81. The van der Waals surface area contributed by atoms with E-state index in [1.54, 1.807) is 0 Å². The van der Waals surface area contributed by atoms with Gasteiger partial charge in [-0.05, 0) is 24.7 Å². The smallest absolute Gasteiger partial charge is 0.0247 e. The molecule has 0 saturated carbocycles. The molecule has 114 valence electrons. The molecule has 0 spiro atoms. The fraction of sp³-hybridized carbons (Fsp3) is 1.00. The van der Waals surface area contributed by atoms with E-state index in [2.05, 4.69) is 58.7 Å². The van der Waals surface area contributed by atoms with Crippen LogP contribution in [-0.2, 0) is 0 Å². The first kappa shape index (κ1) is 17.0. The molecule has 0 amide bonds. The summed E-state index contributed by atoms with van der Waals surface area (Å²) >= 11 is 0. The van der Waals surface area contributed by atoms with Gasteiger partial charge in [-0.1, -0.05) is 54.4 Å². The van der Waals surface area contributed by atoms with E-state index in [1.807, 2.05) is 0 Å². The Morgan fingerprint density at radius 1 is 1.00 bits per heavy atom. The fourth-order valence-corrected chi connectivity index (χ4v) is 3.59. The average molecular weight is 268 g/mol. The van der Waals surface area contributed by atoms with Gasteiger partial charge >= 0.3 is 0 Å². The van der Waals surface area contributed by atoms with Gasteiger partial charge < -0.3 is 5.32 Å². The highest BCUT2D eigenvalue weighted by molar-refractivity contribution is 4.92. The topological polar surface area (TPSA) is 15.3 Å². The Balaban J connectivity index is 2.81. The first-order chi connectivity index (χ1) is 8.92. The van der Waals surface area contributed by atoms with Crippen molar-refractivity contribution in [3.63, 3.8) is 0 Å². The molecule has 1 aliphatic rings. The van der Waals surface area contributed by atoms with Crippen LogP contribution in [0.2, 0.25) is 0 Å². The Morgan fingerprint density at radius 2 is 1.58 bits per heavy atom. The van der Waals surface area contributed by atoms with E-state index in [-0.39, 0.29) is 0 Å². The summed E-state index contributed by atoms with van der Waals surface area (Å²) in [6, 6.07) is 2.07. The first-order valence-electron chi connectivity index (χ1n) is 8.41. The van der Waals surface area contributed by atoms with Crippen molar-refractivity contribution in [1.29, 1.82) is 0 Å². The number of hydrogen-bond acceptors (Lipinski definition) is 2. The highest BCUT2D eigenvalue weighted by Crippen LogP contribution is 2.26. The number of nitrogens with zero attached hydrogens (tertiary/aromatic N) is 1. The molecule has 1 heterocycles. The lowest BCUT2D eigenvalue weighted by Crippen LogP contribution is -2.62. The molecule has 1 rings (SSSR count). The van der Waals surface area contributed by atoms with E-state index in [1.165, 1.54) is 19.4 Å². The molecule has 1 saturated heterocycles. The third-order valence-electron chi connectivity index (χ3n) is 5.25. The molecular formula is C17H36N2. The van der Waals surface area contributed by atoms with Crippen molar-refractivity contribution in [3.8, 4) is 0 Å². The maximum absolute atomic E-state index is 3.77. The normalized spacial score (nSPS) is 27.5. The third-order valence-corrected chi connectivity index (χ3v) is 5.25. The summed E-state index contributed by atoms with van der Waals surface area (Å²) in [6.45, 7) is 18.9. The Bertz CT molecular complexity index is 246. The van der Waals surface area contributed by atoms with Crippen molar-refractivity contribution in [2.45, 2.75) is 79.4 Å². The second-order valence-electron chi connectivity index (χ2n) is 7.08. The zero-order valence-electron chi connectivity index (χ0n) is 14.2. The van der Waals surface area contributed by atoms with Gasteiger partial charge in [-0.25, -0.2) is 0 Å². The summed E-state index contributed by atoms with van der Waals surface area (Å²) < 4.78 is 0. The lowest BCUT2D eigenvalue weighted by Gasteiger charge is -2.48. The van der Waals surface area contributed by atoms with Gasteiger partial charge in [0.25, 0.3) is 0 Å². The fourth-order valence-electron chi connectivity index (χ4n) is 3.59. The van der Waals surface area contributed by atoms with Crippen LogP contribution in [0, 0.1) is 17.8 Å². The summed E-state index contributed by atoms with van der Waals surface area (Å²) in [7, 11) is 0. The minimum absolute atomic E-state index is 0.659. The van der Waals surface area contributed by atoms with Crippen molar-refractivity contribution >= 4 is 0 Å². The Morgan fingerprint density at radius 3 is 2.00 bits per heavy atom. The number of rotatable bonds is 6. The second-order valence-corrected chi connectivity index (χ2v) is 7.08. The zero-order chi connectivity index (χ0) is 14.6. The SMILES string of the molecule is CCC(CC)C(C)N1CC(C(C)C)NCC1C(C)C. The minimum atomic E-state index is 0.659. The van der Waals surface area contributed by atoms with Gasteiger partial charge in [0, 0.05) is 31.2 Å². The van der Waals surface area contributed by atoms with Crippen LogP contribution in [0.15, 0.2) is 0 Å². The van der Waals surface area contributed by atoms with Gasteiger partial charge in [-0.15, -0.1) is 0 Å². The second kappa shape index (κ2) is 7.64. The predicted octanol–water partition coefficient (Wildman–Crippen LogP) is 3.77. The summed E-state index contributed by atoms with van der Waals surface area (Å²) in [5, 5.41) is 3.77. The third kappa shape index (κ3) is 4.19. The molecule has 1 aliphatic heterocycles. The number of piperazine rings is 1. The van der Waals surface area contributed by atoms with E-state index in [0.717, 1.165) is 24.3 Å². The molecule has 1 N–H and O–H groups in total. The summed E-state index contributed by atoms with van der Waals surface area (Å²) in [5.41, 5.74) is 0. The van der Waals surface area contributed by atoms with Crippen LogP contribution in [0.3, 0.4) is 0 Å². The molecule has 3 atom stereocenters. The molecule has 0 radical (unpaired) electrons. The monoisotopic (exact) mass is 268 g/mol. The van der Waals surface area contributed by atoms with Crippen LogP contribution in [-0.4, -0.2) is 36.1 Å². The van der Waals surface area contributed by atoms with E-state index >= 15 is 0 Å². The van der Waals surface area contributed by atoms with Crippen LogP contribution in [0.1, 0.15) is 61.3 Å². The molecule has 19 heavy (non-hydrogen) atoms. The van der Waals surface area contributed by atoms with Gasteiger partial charge in [0.05, 0.1) is 0 Å². The van der Waals surface area contributed by atoms with E-state index in [4.69, 9.17) is 0 Å². The summed E-state index contributed by atoms with van der Waals surface area (Å²) in [6.07, 6.45) is 2.61. The standard InChI is InChI=1S/C17H36N2/c1-8-15(9-2)14(7)19-11-16(12(3)4)18-10-17(19)13(5)6/h12-18H,8-11H2,1-7H3. The first-order valence-corrected chi connectivity index (χ1v) is 8.41. The Labute approximate surface area is 121 Å². The van der Waals surface area contributed by atoms with Crippen molar-refractivity contribution in [2.75, 3.05) is 13.1 Å². The van der Waals surface area contributed by atoms with Crippen LogP contribution >= 0.6 is 0 Å². The van der Waals surface area contributed by atoms with Gasteiger partial charge in [0.2, 0.25) is 0 Å². The maximum Gasteiger partial charge on any atom is 0.0247 e. The number of hydrogen-bond donors (Lipinski definition) is 1. The van der Waals surface area contributed by atoms with Crippen molar-refractivity contribution < 1.29 is 0 Å². The number of nitrogens with one attached hydrogen (secondary N) is 1. The maximum atomic E-state index is 3.77. The lowest BCUT2D eigenvalue weighted by molar-refractivity contribution is 0.0268. The van der Waals surface area contributed by atoms with Crippen LogP contribution < -0.4 is 5.32 Å².